The molecule has 1 saturated carbocycles. The summed E-state index contributed by atoms with van der Waals surface area (Å²) < 4.78 is 11.5. The van der Waals surface area contributed by atoms with Crippen molar-refractivity contribution in [1.29, 1.82) is 0 Å². The van der Waals surface area contributed by atoms with E-state index in [2.05, 4.69) is 71.3 Å². The molecule has 51 heavy (non-hydrogen) atoms. The zero-order valence-corrected chi connectivity index (χ0v) is 29.4. The summed E-state index contributed by atoms with van der Waals surface area (Å²) in [6.45, 7) is 0.0531. The summed E-state index contributed by atoms with van der Waals surface area (Å²) in [6.07, 6.45) is 5.94. The molecule has 2 amide bonds. The minimum Gasteiger partial charge on any atom is -0.479 e. The lowest BCUT2D eigenvalue weighted by Crippen LogP contribution is -2.50. The number of aryl methyl sites for hydroxylation is 2. The summed E-state index contributed by atoms with van der Waals surface area (Å²) in [6, 6.07) is 29.5. The lowest BCUT2D eigenvalue weighted by atomic mass is 9.93. The van der Waals surface area contributed by atoms with Crippen molar-refractivity contribution >= 4 is 39.3 Å². The Labute approximate surface area is 300 Å². The molecule has 1 aliphatic carbocycles. The van der Waals surface area contributed by atoms with Crippen molar-refractivity contribution < 1.29 is 34.1 Å². The fourth-order valence-corrected chi connectivity index (χ4v) is 6.79. The Kier molecular flexibility index (Phi) is 14.8. The van der Waals surface area contributed by atoms with Crippen LogP contribution in [0.4, 0.5) is 0 Å². The van der Waals surface area contributed by atoms with Crippen molar-refractivity contribution in [2.45, 2.75) is 101 Å². The average Bonchev–Trinajstić information content (AvgIpc) is 3.14. The highest BCUT2D eigenvalue weighted by molar-refractivity contribution is 5.88. The Balaban J connectivity index is 1.09. The maximum Gasteiger partial charge on any atom is 0.336 e. The van der Waals surface area contributed by atoms with E-state index in [1.54, 1.807) is 0 Å². The monoisotopic (exact) mass is 696 g/mol. The summed E-state index contributed by atoms with van der Waals surface area (Å²) in [7, 11) is 0. The van der Waals surface area contributed by atoms with Gasteiger partial charge in [-0.2, -0.15) is 0 Å². The fraction of sp³-hybridized carbons (Fsp3) is 0.452. The number of aliphatic hydroxyl groups excluding tert-OH is 1. The molecule has 4 aromatic carbocycles. The van der Waals surface area contributed by atoms with Gasteiger partial charge in [-0.25, -0.2) is 4.79 Å². The number of carboxylic acid groups (broad SMARTS) is 1. The van der Waals surface area contributed by atoms with E-state index in [-0.39, 0.29) is 18.8 Å². The zero-order valence-electron chi connectivity index (χ0n) is 29.4. The number of aliphatic hydroxyl groups is 1. The molecule has 2 unspecified atom stereocenters. The van der Waals surface area contributed by atoms with Crippen LogP contribution >= 0.6 is 0 Å². The first kappa shape index (κ1) is 37.9. The molecular formula is C42H52N2O7. The third kappa shape index (κ3) is 12.2. The van der Waals surface area contributed by atoms with E-state index in [0.29, 0.717) is 38.6 Å². The predicted molar refractivity (Wildman–Crippen MR) is 200 cm³/mol. The summed E-state index contributed by atoms with van der Waals surface area (Å²) >= 11 is 0. The van der Waals surface area contributed by atoms with E-state index >= 15 is 0 Å². The molecule has 4 N–H and O–H groups in total. The predicted octanol–water partition coefficient (Wildman–Crippen LogP) is 6.51. The number of fused-ring (bicyclic) bond motifs is 2. The third-order valence-corrected chi connectivity index (χ3v) is 9.71. The van der Waals surface area contributed by atoms with Gasteiger partial charge in [0.05, 0.1) is 6.10 Å². The summed E-state index contributed by atoms with van der Waals surface area (Å²) in [4.78, 5) is 38.4. The Hall–Kier alpha value is -4.31. The highest BCUT2D eigenvalue weighted by atomic mass is 16.6. The van der Waals surface area contributed by atoms with Crippen LogP contribution in [0.15, 0.2) is 84.9 Å². The molecule has 0 saturated heterocycles. The van der Waals surface area contributed by atoms with Gasteiger partial charge in [-0.15, -0.1) is 0 Å². The van der Waals surface area contributed by atoms with Crippen molar-refractivity contribution in [1.82, 2.24) is 10.6 Å². The summed E-state index contributed by atoms with van der Waals surface area (Å²) in [5.41, 5.74) is 2.53. The molecule has 4 aromatic rings. The van der Waals surface area contributed by atoms with Gasteiger partial charge in [0.2, 0.25) is 5.91 Å². The van der Waals surface area contributed by atoms with Crippen LogP contribution in [0, 0.1) is 0 Å². The second-order valence-corrected chi connectivity index (χ2v) is 13.7. The van der Waals surface area contributed by atoms with Crippen LogP contribution in [0.5, 0.6) is 0 Å². The highest BCUT2D eigenvalue weighted by Gasteiger charge is 2.36. The van der Waals surface area contributed by atoms with Crippen molar-refractivity contribution in [3.8, 4) is 0 Å². The molecule has 0 spiro atoms. The Morgan fingerprint density at radius 1 is 0.667 bits per heavy atom. The molecule has 1 fully saturated rings. The van der Waals surface area contributed by atoms with Gasteiger partial charge in [-0.1, -0.05) is 97.8 Å². The molecule has 0 radical (unpaired) electrons. The lowest BCUT2D eigenvalue weighted by Gasteiger charge is -2.27. The Morgan fingerprint density at radius 3 is 1.82 bits per heavy atom. The first-order valence-corrected chi connectivity index (χ1v) is 18.5. The summed E-state index contributed by atoms with van der Waals surface area (Å²) in [5, 5.41) is 30.4. The van der Waals surface area contributed by atoms with Gasteiger partial charge in [0.25, 0.3) is 5.91 Å². The number of aliphatic carboxylic acids is 1. The molecule has 2 atom stereocenters. The molecule has 0 heterocycles. The van der Waals surface area contributed by atoms with Crippen LogP contribution in [0.2, 0.25) is 0 Å². The fourth-order valence-electron chi connectivity index (χ4n) is 6.79. The number of rotatable bonds is 20. The number of hydrogen-bond donors (Lipinski definition) is 4. The van der Waals surface area contributed by atoms with Crippen molar-refractivity contribution in [2.75, 3.05) is 19.8 Å². The van der Waals surface area contributed by atoms with Crippen LogP contribution in [0.1, 0.15) is 75.3 Å². The lowest BCUT2D eigenvalue weighted by molar-refractivity contribution is -0.170. The Bertz CT molecular complexity index is 1720. The molecule has 9 nitrogen and oxygen atoms in total. The SMILES string of the molecule is O=C(COC(C(=O)O)C(OCCCCCc1ccc2ccccc2c1)C(=O)NCCCCCc1ccc2ccccc2c1)N[C@H]1CC[C@H](O)CC1. The van der Waals surface area contributed by atoms with E-state index in [0.717, 1.165) is 44.9 Å². The molecule has 9 heteroatoms. The number of carbonyl (C=O) groups is 3. The second kappa shape index (κ2) is 19.9. The number of unbranched alkanes of at least 4 members (excludes halogenated alkanes) is 4. The van der Waals surface area contributed by atoms with E-state index in [9.17, 15) is 24.6 Å². The van der Waals surface area contributed by atoms with Crippen molar-refractivity contribution in [2.24, 2.45) is 0 Å². The number of ether oxygens (including phenoxy) is 2. The van der Waals surface area contributed by atoms with Gasteiger partial charge in [-0.3, -0.25) is 9.59 Å². The minimum atomic E-state index is -1.64. The van der Waals surface area contributed by atoms with E-state index < -0.39 is 36.6 Å². The number of hydrogen-bond acceptors (Lipinski definition) is 6. The van der Waals surface area contributed by atoms with Crippen LogP contribution < -0.4 is 10.6 Å². The number of amides is 2. The Morgan fingerprint density at radius 2 is 1.24 bits per heavy atom. The molecule has 272 valence electrons. The topological polar surface area (TPSA) is 134 Å². The van der Waals surface area contributed by atoms with Gasteiger partial charge in [-0.05, 0) is 96.9 Å². The van der Waals surface area contributed by atoms with Gasteiger partial charge in [0.1, 0.15) is 6.61 Å². The van der Waals surface area contributed by atoms with Crippen molar-refractivity contribution in [3.05, 3.63) is 96.1 Å². The van der Waals surface area contributed by atoms with E-state index in [1.807, 2.05) is 24.3 Å². The maximum atomic E-state index is 13.4. The molecule has 1 aliphatic rings. The molecular weight excluding hydrogens is 644 g/mol. The van der Waals surface area contributed by atoms with Crippen LogP contribution in [0.25, 0.3) is 21.5 Å². The quantitative estimate of drug-likeness (QED) is 0.0775. The normalized spacial score (nSPS) is 17.2. The summed E-state index contributed by atoms with van der Waals surface area (Å²) in [5.74, 6) is -2.38. The zero-order chi connectivity index (χ0) is 35.8. The van der Waals surface area contributed by atoms with Crippen molar-refractivity contribution in [3.63, 3.8) is 0 Å². The number of carbonyl (C=O) groups excluding carboxylic acids is 2. The second-order valence-electron chi connectivity index (χ2n) is 13.7. The first-order chi connectivity index (χ1) is 24.9. The highest BCUT2D eigenvalue weighted by Crippen LogP contribution is 2.20. The first-order valence-electron chi connectivity index (χ1n) is 18.5. The van der Waals surface area contributed by atoms with Gasteiger partial charge < -0.3 is 30.3 Å². The molecule has 0 aromatic heterocycles. The molecule has 5 rings (SSSR count). The van der Waals surface area contributed by atoms with Gasteiger partial charge >= 0.3 is 5.97 Å². The minimum absolute atomic E-state index is 0.0982. The number of benzene rings is 4. The smallest absolute Gasteiger partial charge is 0.336 e. The van der Waals surface area contributed by atoms with Gasteiger partial charge in [0.15, 0.2) is 12.2 Å². The molecule has 0 aliphatic heterocycles. The van der Waals surface area contributed by atoms with E-state index in [1.165, 1.54) is 32.7 Å². The number of carboxylic acids is 1. The van der Waals surface area contributed by atoms with Gasteiger partial charge in [0, 0.05) is 19.2 Å². The third-order valence-electron chi connectivity index (χ3n) is 9.71. The molecule has 0 bridgehead atoms. The van der Waals surface area contributed by atoms with Crippen LogP contribution in [-0.2, 0) is 36.7 Å². The maximum absolute atomic E-state index is 13.4. The number of nitrogens with one attached hydrogen (secondary N) is 2. The standard InChI is InChI=1S/C42H52N2O7/c45-37-23-21-36(22-24-37)44-38(46)29-51-40(42(48)49)39(50-26-10-2-4-12-31-18-20-33-14-6-8-16-35(33)28-31)41(47)43-25-9-1-3-11-30-17-19-32-13-5-7-15-34(32)27-30/h5-8,13-20,27-28,36-37,39-40,45H,1-4,9-12,21-26,29H2,(H,43,47)(H,44,46)(H,48,49)/t36-,37-,39?,40?. The average molecular weight is 697 g/mol. The van der Waals surface area contributed by atoms with E-state index in [4.69, 9.17) is 9.47 Å². The van der Waals surface area contributed by atoms with Crippen LogP contribution in [0.3, 0.4) is 0 Å². The van der Waals surface area contributed by atoms with Crippen LogP contribution in [-0.4, -0.2) is 72.1 Å². The largest absolute Gasteiger partial charge is 0.479 e.